The first-order valence-electron chi connectivity index (χ1n) is 11.0. The summed E-state index contributed by atoms with van der Waals surface area (Å²) in [5, 5.41) is 10.3. The minimum Gasteiger partial charge on any atom is -0.352 e. The van der Waals surface area contributed by atoms with Crippen molar-refractivity contribution in [2.24, 2.45) is 0 Å². The van der Waals surface area contributed by atoms with Crippen molar-refractivity contribution in [2.45, 2.75) is 32.7 Å². The van der Waals surface area contributed by atoms with Gasteiger partial charge in [-0.2, -0.15) is 5.26 Å². The van der Waals surface area contributed by atoms with E-state index in [-0.39, 0.29) is 18.4 Å². The first-order valence-corrected chi connectivity index (χ1v) is 11.0. The lowest BCUT2D eigenvalue weighted by Gasteiger charge is -2.41. The van der Waals surface area contributed by atoms with Crippen LogP contribution in [0.15, 0.2) is 55.4 Å². The molecule has 0 spiro atoms. The van der Waals surface area contributed by atoms with Crippen LogP contribution in [0.3, 0.4) is 0 Å². The highest BCUT2D eigenvalue weighted by Crippen LogP contribution is 2.33. The highest BCUT2D eigenvalue weighted by molar-refractivity contribution is 5.94. The summed E-state index contributed by atoms with van der Waals surface area (Å²) in [6.07, 6.45) is 4.16. The molecule has 1 saturated heterocycles. The van der Waals surface area contributed by atoms with Gasteiger partial charge in [0.2, 0.25) is 5.91 Å². The van der Waals surface area contributed by atoms with Crippen LogP contribution in [0.2, 0.25) is 0 Å². The maximum absolute atomic E-state index is 12.2. The second-order valence-electron chi connectivity index (χ2n) is 8.09. The van der Waals surface area contributed by atoms with Crippen LogP contribution in [-0.2, 0) is 11.2 Å². The Hall–Kier alpha value is -3.72. The first kappa shape index (κ1) is 21.5. The molecule has 1 atom stereocenters. The lowest BCUT2D eigenvalue weighted by molar-refractivity contribution is -0.128. The number of amides is 1. The zero-order chi connectivity index (χ0) is 22.7. The van der Waals surface area contributed by atoms with Crippen molar-refractivity contribution in [1.82, 2.24) is 14.9 Å². The fourth-order valence-electron chi connectivity index (χ4n) is 4.57. The van der Waals surface area contributed by atoms with E-state index in [0.717, 1.165) is 23.1 Å². The van der Waals surface area contributed by atoms with Gasteiger partial charge in [0.05, 0.1) is 24.0 Å². The van der Waals surface area contributed by atoms with Crippen LogP contribution in [0.5, 0.6) is 0 Å². The van der Waals surface area contributed by atoms with Crippen LogP contribution in [0.25, 0.3) is 22.0 Å². The monoisotopic (exact) mass is 425 g/mol. The van der Waals surface area contributed by atoms with Gasteiger partial charge in [0.1, 0.15) is 12.1 Å². The van der Waals surface area contributed by atoms with Crippen molar-refractivity contribution in [3.8, 4) is 17.2 Å². The Morgan fingerprint density at radius 1 is 1.25 bits per heavy atom. The van der Waals surface area contributed by atoms with E-state index in [0.29, 0.717) is 19.6 Å². The van der Waals surface area contributed by atoms with Crippen molar-refractivity contribution in [3.05, 3.63) is 66.5 Å². The minimum absolute atomic E-state index is 0.132. The van der Waals surface area contributed by atoms with E-state index >= 15 is 0 Å². The predicted molar refractivity (Wildman–Crippen MR) is 127 cm³/mol. The SMILES string of the molecule is C=CC(=O)N1CCN(c2ncnc3cc(-c4ccccc4CC)c(C)cc23)CC1CC#N. The molecule has 1 aliphatic heterocycles. The number of carbonyl (C=O) groups excluding carboxylic acids is 1. The van der Waals surface area contributed by atoms with Crippen molar-refractivity contribution >= 4 is 22.6 Å². The Morgan fingerprint density at radius 3 is 2.81 bits per heavy atom. The molecule has 1 fully saturated rings. The first-order chi connectivity index (χ1) is 15.6. The molecule has 32 heavy (non-hydrogen) atoms. The molecule has 3 aromatic rings. The van der Waals surface area contributed by atoms with Crippen LogP contribution in [0.4, 0.5) is 5.82 Å². The molecule has 1 aromatic heterocycles. The molecule has 6 nitrogen and oxygen atoms in total. The van der Waals surface area contributed by atoms with Gasteiger partial charge in [0.25, 0.3) is 0 Å². The van der Waals surface area contributed by atoms with E-state index in [2.05, 4.69) is 77.8 Å². The van der Waals surface area contributed by atoms with Crippen molar-refractivity contribution in [3.63, 3.8) is 0 Å². The van der Waals surface area contributed by atoms with E-state index in [4.69, 9.17) is 0 Å². The highest BCUT2D eigenvalue weighted by Gasteiger charge is 2.30. The molecule has 1 aliphatic rings. The van der Waals surface area contributed by atoms with Crippen LogP contribution in [0, 0.1) is 18.3 Å². The van der Waals surface area contributed by atoms with Crippen LogP contribution in [-0.4, -0.2) is 46.5 Å². The van der Waals surface area contributed by atoms with Gasteiger partial charge in [-0.1, -0.05) is 37.8 Å². The maximum Gasteiger partial charge on any atom is 0.246 e. The number of piperazine rings is 1. The molecule has 0 saturated carbocycles. The summed E-state index contributed by atoms with van der Waals surface area (Å²) in [6.45, 7) is 9.62. The maximum atomic E-state index is 12.2. The van der Waals surface area contributed by atoms with Crippen LogP contribution in [0.1, 0.15) is 24.5 Å². The molecule has 4 rings (SSSR count). The smallest absolute Gasteiger partial charge is 0.246 e. The van der Waals surface area contributed by atoms with Gasteiger partial charge < -0.3 is 9.80 Å². The lowest BCUT2D eigenvalue weighted by Crippen LogP contribution is -2.55. The number of anilines is 1. The Kier molecular flexibility index (Phi) is 6.18. The summed E-state index contributed by atoms with van der Waals surface area (Å²) in [4.78, 5) is 25.3. The number of hydrogen-bond donors (Lipinski definition) is 0. The number of aromatic nitrogens is 2. The highest BCUT2D eigenvalue weighted by atomic mass is 16.2. The van der Waals surface area contributed by atoms with E-state index in [1.54, 1.807) is 11.2 Å². The average molecular weight is 426 g/mol. The average Bonchev–Trinajstić information content (AvgIpc) is 2.83. The second-order valence-corrected chi connectivity index (χ2v) is 8.09. The number of nitrogens with zero attached hydrogens (tertiary/aromatic N) is 5. The van der Waals surface area contributed by atoms with Gasteiger partial charge in [0.15, 0.2) is 0 Å². The van der Waals surface area contributed by atoms with Gasteiger partial charge in [-0.15, -0.1) is 0 Å². The Bertz CT molecular complexity index is 1210. The van der Waals surface area contributed by atoms with Crippen molar-refractivity contribution in [1.29, 1.82) is 5.26 Å². The van der Waals surface area contributed by atoms with Gasteiger partial charge >= 0.3 is 0 Å². The Balaban J connectivity index is 1.73. The van der Waals surface area contributed by atoms with E-state index in [1.165, 1.54) is 28.3 Å². The molecule has 162 valence electrons. The molecular formula is C26H27N5O. The van der Waals surface area contributed by atoms with Crippen LogP contribution >= 0.6 is 0 Å². The standard InChI is InChI=1S/C26H27N5O/c1-4-19-8-6-7-9-21(19)22-15-24-23(14-18(22)3)26(29-17-28-24)30-12-13-31(25(32)5-2)20(16-30)10-11-27/h5-9,14-15,17,20H,2,4,10,12-13,16H2,1,3H3. The largest absolute Gasteiger partial charge is 0.352 e. The quantitative estimate of drug-likeness (QED) is 0.571. The fraction of sp³-hybridized carbons (Fsp3) is 0.308. The second kappa shape index (κ2) is 9.19. The van der Waals surface area contributed by atoms with Crippen molar-refractivity contribution < 1.29 is 4.79 Å². The number of aryl methyl sites for hydroxylation is 2. The number of carbonyl (C=O) groups is 1. The third-order valence-corrected chi connectivity index (χ3v) is 6.22. The molecule has 2 heterocycles. The summed E-state index contributed by atoms with van der Waals surface area (Å²) in [6, 6.07) is 14.8. The number of hydrogen-bond acceptors (Lipinski definition) is 5. The fourth-order valence-corrected chi connectivity index (χ4v) is 4.57. The lowest BCUT2D eigenvalue weighted by atomic mass is 9.93. The zero-order valence-corrected chi connectivity index (χ0v) is 18.6. The van der Waals surface area contributed by atoms with E-state index in [9.17, 15) is 10.1 Å². The van der Waals surface area contributed by atoms with Crippen molar-refractivity contribution in [2.75, 3.05) is 24.5 Å². The molecule has 0 radical (unpaired) electrons. The molecule has 0 aliphatic carbocycles. The third-order valence-electron chi connectivity index (χ3n) is 6.22. The third kappa shape index (κ3) is 3.94. The molecule has 0 bridgehead atoms. The summed E-state index contributed by atoms with van der Waals surface area (Å²) >= 11 is 0. The minimum atomic E-state index is -0.193. The topological polar surface area (TPSA) is 73.1 Å². The van der Waals surface area contributed by atoms with E-state index in [1.807, 2.05) is 0 Å². The number of rotatable bonds is 5. The normalized spacial score (nSPS) is 16.1. The molecule has 0 N–H and O–H groups in total. The number of benzene rings is 2. The summed E-state index contributed by atoms with van der Waals surface area (Å²) in [5.74, 6) is 0.717. The predicted octanol–water partition coefficient (Wildman–Crippen LogP) is 4.28. The van der Waals surface area contributed by atoms with Gasteiger partial charge in [-0.3, -0.25) is 4.79 Å². The molecular weight excluding hydrogens is 398 g/mol. The van der Waals surface area contributed by atoms with E-state index < -0.39 is 0 Å². The molecule has 1 amide bonds. The van der Waals surface area contributed by atoms with Crippen LogP contribution < -0.4 is 4.90 Å². The molecule has 2 aromatic carbocycles. The summed E-state index contributed by atoms with van der Waals surface area (Å²) in [5.41, 5.74) is 5.79. The van der Waals surface area contributed by atoms with Gasteiger partial charge in [0, 0.05) is 25.0 Å². The number of nitriles is 1. The Labute approximate surface area is 188 Å². The van der Waals surface area contributed by atoms with Gasteiger partial charge in [-0.25, -0.2) is 9.97 Å². The molecule has 6 heteroatoms. The summed E-state index contributed by atoms with van der Waals surface area (Å²) < 4.78 is 0. The number of fused-ring (bicyclic) bond motifs is 1. The molecule has 1 unspecified atom stereocenters. The Morgan fingerprint density at radius 2 is 2.06 bits per heavy atom. The zero-order valence-electron chi connectivity index (χ0n) is 18.6. The summed E-state index contributed by atoms with van der Waals surface area (Å²) in [7, 11) is 0. The van der Waals surface area contributed by atoms with Gasteiger partial charge in [-0.05, 0) is 53.8 Å².